The molecule has 0 aliphatic carbocycles. The molecule has 0 atom stereocenters. The van der Waals surface area contributed by atoms with Crippen LogP contribution in [0.3, 0.4) is 0 Å². The van der Waals surface area contributed by atoms with Crippen molar-refractivity contribution in [2.75, 3.05) is 26.2 Å². The van der Waals surface area contributed by atoms with E-state index in [1.54, 1.807) is 11.3 Å². The Morgan fingerprint density at radius 2 is 1.28 bits per heavy atom. The first-order valence-electron chi connectivity index (χ1n) is 11.2. The topological polar surface area (TPSA) is 24.8 Å². The summed E-state index contributed by atoms with van der Waals surface area (Å²) in [4.78, 5) is 17.8. The van der Waals surface area contributed by atoms with Gasteiger partial charge in [-0.05, 0) is 17.0 Å². The zero-order valence-corrected chi connectivity index (χ0v) is 18.8. The molecular weight excluding hydrogens is 412 g/mol. The molecule has 0 saturated carbocycles. The Bertz CT molecular complexity index is 1110. The number of benzene rings is 3. The maximum atomic E-state index is 13.4. The molecule has 4 aromatic rings. The Kier molecular flexibility index (Phi) is 6.15. The third-order valence-electron chi connectivity index (χ3n) is 6.31. The highest BCUT2D eigenvalue weighted by molar-refractivity contribution is 7.12. The van der Waals surface area contributed by atoms with E-state index in [-0.39, 0.29) is 11.9 Å². The average Bonchev–Trinajstić information content (AvgIpc) is 3.36. The minimum Gasteiger partial charge on any atom is -0.327 e. The molecule has 0 radical (unpaired) electrons. The first-order valence-corrected chi connectivity index (χ1v) is 12.1. The summed E-state index contributed by atoms with van der Waals surface area (Å²) in [6, 6.07) is 34.1. The van der Waals surface area contributed by atoms with Crippen LogP contribution in [-0.2, 0) is 0 Å². The minimum atomic E-state index is 0.161. The van der Waals surface area contributed by atoms with E-state index in [1.807, 2.05) is 28.5 Å². The fourth-order valence-electron chi connectivity index (χ4n) is 4.70. The van der Waals surface area contributed by atoms with Gasteiger partial charge in [0.25, 0.3) is 5.91 Å². The molecule has 1 saturated heterocycles. The molecule has 3 nitrogen and oxygen atoms in total. The van der Waals surface area contributed by atoms with Gasteiger partial charge in [-0.25, -0.2) is 0 Å². The van der Waals surface area contributed by atoms with Gasteiger partial charge in [0.05, 0.1) is 31.1 Å². The molecule has 32 heavy (non-hydrogen) atoms. The maximum Gasteiger partial charge on any atom is 0.264 e. The number of carbonyl (C=O) groups excluding carboxylic acids is 1. The van der Waals surface area contributed by atoms with E-state index in [0.29, 0.717) is 0 Å². The lowest BCUT2D eigenvalue weighted by atomic mass is 9.96. The van der Waals surface area contributed by atoms with Crippen molar-refractivity contribution >= 4 is 17.2 Å². The number of amides is 1. The lowest BCUT2D eigenvalue weighted by molar-refractivity contribution is -0.929. The largest absolute Gasteiger partial charge is 0.327 e. The normalized spacial score (nSPS) is 14.6. The van der Waals surface area contributed by atoms with Crippen LogP contribution in [0.2, 0.25) is 0 Å². The van der Waals surface area contributed by atoms with Gasteiger partial charge in [-0.15, -0.1) is 11.3 Å². The summed E-state index contributed by atoms with van der Waals surface area (Å²) in [6.07, 6.45) is 0. The van der Waals surface area contributed by atoms with Crippen LogP contribution in [0.15, 0.2) is 102 Å². The molecule has 0 bridgehead atoms. The van der Waals surface area contributed by atoms with Crippen molar-refractivity contribution in [1.29, 1.82) is 0 Å². The van der Waals surface area contributed by atoms with E-state index in [9.17, 15) is 4.79 Å². The van der Waals surface area contributed by atoms with E-state index in [0.717, 1.165) is 42.2 Å². The van der Waals surface area contributed by atoms with Crippen LogP contribution in [0.1, 0.15) is 26.8 Å². The Labute approximate surface area is 193 Å². The van der Waals surface area contributed by atoms with Gasteiger partial charge in [0.1, 0.15) is 6.04 Å². The van der Waals surface area contributed by atoms with Gasteiger partial charge in [0.15, 0.2) is 0 Å². The predicted octanol–water partition coefficient (Wildman–Crippen LogP) is 4.55. The molecule has 3 aromatic carbocycles. The number of nitrogens with one attached hydrogen (secondary N) is 1. The Hall–Kier alpha value is -3.21. The van der Waals surface area contributed by atoms with E-state index < -0.39 is 0 Å². The van der Waals surface area contributed by atoms with Gasteiger partial charge < -0.3 is 9.80 Å². The number of piperazine rings is 1. The molecule has 1 aliphatic rings. The number of nitrogens with zero attached hydrogens (tertiary/aromatic N) is 1. The second kappa shape index (κ2) is 9.51. The zero-order valence-electron chi connectivity index (χ0n) is 18.0. The van der Waals surface area contributed by atoms with Crippen LogP contribution >= 0.6 is 11.3 Å². The number of quaternary nitrogens is 1. The number of carbonyl (C=O) groups is 1. The molecule has 1 aromatic heterocycles. The molecule has 5 rings (SSSR count). The van der Waals surface area contributed by atoms with E-state index in [2.05, 4.69) is 78.9 Å². The molecule has 1 fully saturated rings. The van der Waals surface area contributed by atoms with Crippen LogP contribution in [-0.4, -0.2) is 37.0 Å². The highest BCUT2D eigenvalue weighted by Crippen LogP contribution is 2.29. The van der Waals surface area contributed by atoms with Gasteiger partial charge >= 0.3 is 0 Å². The van der Waals surface area contributed by atoms with Crippen molar-refractivity contribution in [1.82, 2.24) is 4.90 Å². The highest BCUT2D eigenvalue weighted by atomic mass is 32.1. The summed E-state index contributed by atoms with van der Waals surface area (Å²) in [5, 5.41) is 2.03. The zero-order chi connectivity index (χ0) is 21.8. The number of hydrogen-bond donors (Lipinski definition) is 1. The Morgan fingerprint density at radius 1 is 0.750 bits per heavy atom. The van der Waals surface area contributed by atoms with Crippen LogP contribution in [0.4, 0.5) is 0 Å². The van der Waals surface area contributed by atoms with E-state index in [1.165, 1.54) is 16.0 Å². The van der Waals surface area contributed by atoms with Crippen LogP contribution in [0.5, 0.6) is 0 Å². The van der Waals surface area contributed by atoms with Crippen LogP contribution < -0.4 is 4.90 Å². The van der Waals surface area contributed by atoms with Gasteiger partial charge in [-0.2, -0.15) is 0 Å². The van der Waals surface area contributed by atoms with E-state index in [4.69, 9.17) is 0 Å². The number of hydrogen-bond acceptors (Lipinski definition) is 2. The molecule has 0 unspecified atom stereocenters. The third-order valence-corrected chi connectivity index (χ3v) is 7.21. The minimum absolute atomic E-state index is 0.161. The van der Waals surface area contributed by atoms with Crippen LogP contribution in [0, 0.1) is 0 Å². The molecule has 4 heteroatoms. The average molecular weight is 440 g/mol. The second-order valence-corrected chi connectivity index (χ2v) is 9.15. The van der Waals surface area contributed by atoms with Crippen molar-refractivity contribution in [3.8, 4) is 11.1 Å². The summed E-state index contributed by atoms with van der Waals surface area (Å²) >= 11 is 1.55. The number of rotatable bonds is 5. The first kappa shape index (κ1) is 20.7. The Morgan fingerprint density at radius 3 is 1.84 bits per heavy atom. The maximum absolute atomic E-state index is 13.4. The fourth-order valence-corrected chi connectivity index (χ4v) is 5.59. The summed E-state index contributed by atoms with van der Waals surface area (Å²) in [5.74, 6) is 0.161. The summed E-state index contributed by atoms with van der Waals surface area (Å²) < 4.78 is 0. The molecule has 160 valence electrons. The molecule has 0 spiro atoms. The molecule has 1 N–H and O–H groups in total. The highest BCUT2D eigenvalue weighted by Gasteiger charge is 2.32. The lowest BCUT2D eigenvalue weighted by Gasteiger charge is -2.37. The predicted molar refractivity (Wildman–Crippen MR) is 131 cm³/mol. The van der Waals surface area contributed by atoms with Gasteiger partial charge in [0.2, 0.25) is 0 Å². The van der Waals surface area contributed by atoms with Crippen molar-refractivity contribution < 1.29 is 9.69 Å². The second-order valence-electron chi connectivity index (χ2n) is 8.23. The number of thiophene rings is 1. The molecule has 1 amide bonds. The van der Waals surface area contributed by atoms with Crippen molar-refractivity contribution in [3.05, 3.63) is 118 Å². The monoisotopic (exact) mass is 439 g/mol. The fraction of sp³-hybridized carbons (Fsp3) is 0.179. The van der Waals surface area contributed by atoms with Gasteiger partial charge in [0, 0.05) is 16.7 Å². The van der Waals surface area contributed by atoms with Gasteiger partial charge in [-0.3, -0.25) is 4.79 Å². The van der Waals surface area contributed by atoms with Gasteiger partial charge in [-0.1, -0.05) is 91.0 Å². The van der Waals surface area contributed by atoms with E-state index >= 15 is 0 Å². The first-order chi connectivity index (χ1) is 15.8. The standard InChI is InChI=1S/C28H26N2OS/c31-28(27-25(16-21-32-27)22-10-4-1-5-11-22)30-19-17-29(18-20-30)26(23-12-6-2-7-13-23)24-14-8-3-9-15-24/h1-16,21,26H,17-20H2/p+1. The smallest absolute Gasteiger partial charge is 0.264 e. The lowest BCUT2D eigenvalue weighted by Crippen LogP contribution is -3.15. The molecule has 2 heterocycles. The summed E-state index contributed by atoms with van der Waals surface area (Å²) in [6.45, 7) is 3.42. The van der Waals surface area contributed by atoms with Crippen molar-refractivity contribution in [2.45, 2.75) is 6.04 Å². The Balaban J connectivity index is 1.34. The molecular formula is C28H27N2OS+. The molecule has 1 aliphatic heterocycles. The third kappa shape index (κ3) is 4.24. The summed E-state index contributed by atoms with van der Waals surface area (Å²) in [5.41, 5.74) is 4.81. The van der Waals surface area contributed by atoms with Crippen LogP contribution in [0.25, 0.3) is 11.1 Å². The quantitative estimate of drug-likeness (QED) is 0.485. The SMILES string of the molecule is O=C(c1sccc1-c1ccccc1)N1CC[NH+](C(c2ccccc2)c2ccccc2)CC1. The van der Waals surface area contributed by atoms with Crippen molar-refractivity contribution in [3.63, 3.8) is 0 Å². The summed E-state index contributed by atoms with van der Waals surface area (Å²) in [7, 11) is 0. The van der Waals surface area contributed by atoms with Crippen molar-refractivity contribution in [2.24, 2.45) is 0 Å².